The second-order valence-electron chi connectivity index (χ2n) is 5.28. The molecule has 1 aromatic heterocycles. The fourth-order valence-electron chi connectivity index (χ4n) is 2.69. The van der Waals surface area contributed by atoms with Gasteiger partial charge >= 0.3 is 5.97 Å². The molecule has 1 aliphatic carbocycles. The van der Waals surface area contributed by atoms with E-state index in [0.29, 0.717) is 24.1 Å². The van der Waals surface area contributed by atoms with Gasteiger partial charge in [0.2, 0.25) is 5.89 Å². The van der Waals surface area contributed by atoms with Crippen LogP contribution >= 0.6 is 0 Å². The molecule has 5 heteroatoms. The number of hydrogen-bond donors (Lipinski definition) is 1. The lowest BCUT2D eigenvalue weighted by Crippen LogP contribution is -2.17. The van der Waals surface area contributed by atoms with Gasteiger partial charge in [0.25, 0.3) is 0 Å². The monoisotopic (exact) mass is 252 g/mol. The van der Waals surface area contributed by atoms with Gasteiger partial charge in [-0.25, -0.2) is 0 Å². The first kappa shape index (κ1) is 13.1. The van der Waals surface area contributed by atoms with Gasteiger partial charge < -0.3 is 9.63 Å². The molecule has 1 fully saturated rings. The van der Waals surface area contributed by atoms with E-state index in [1.54, 1.807) is 0 Å². The summed E-state index contributed by atoms with van der Waals surface area (Å²) >= 11 is 0. The summed E-state index contributed by atoms with van der Waals surface area (Å²) in [6.45, 7) is 4.18. The summed E-state index contributed by atoms with van der Waals surface area (Å²) in [4.78, 5) is 15.6. The molecule has 0 radical (unpaired) electrons. The zero-order chi connectivity index (χ0) is 13.1. The second-order valence-corrected chi connectivity index (χ2v) is 5.28. The van der Waals surface area contributed by atoms with Crippen molar-refractivity contribution in [3.63, 3.8) is 0 Å². The van der Waals surface area contributed by atoms with Crippen LogP contribution in [-0.4, -0.2) is 21.2 Å². The molecule has 1 saturated carbocycles. The number of aromatic nitrogens is 2. The third kappa shape index (κ3) is 2.71. The first-order chi connectivity index (χ1) is 8.61. The van der Waals surface area contributed by atoms with Crippen molar-refractivity contribution in [3.05, 3.63) is 11.7 Å². The second kappa shape index (κ2) is 5.50. The molecule has 2 rings (SSSR count). The topological polar surface area (TPSA) is 76.2 Å². The van der Waals surface area contributed by atoms with Crippen molar-refractivity contribution in [3.8, 4) is 0 Å². The van der Waals surface area contributed by atoms with E-state index in [1.165, 1.54) is 0 Å². The normalized spacial score (nSPS) is 27.6. The lowest BCUT2D eigenvalue weighted by Gasteiger charge is -2.09. The van der Waals surface area contributed by atoms with Gasteiger partial charge in [-0.2, -0.15) is 4.98 Å². The molecular formula is C13H20N2O3. The van der Waals surface area contributed by atoms with E-state index < -0.39 is 5.97 Å². The van der Waals surface area contributed by atoms with E-state index in [9.17, 15) is 9.90 Å². The van der Waals surface area contributed by atoms with Crippen molar-refractivity contribution >= 4 is 5.97 Å². The van der Waals surface area contributed by atoms with Gasteiger partial charge in [-0.3, -0.25) is 4.79 Å². The highest BCUT2D eigenvalue weighted by Gasteiger charge is 2.40. The summed E-state index contributed by atoms with van der Waals surface area (Å²) in [5, 5.41) is 13.2. The molecule has 0 amide bonds. The average Bonchev–Trinajstić information content (AvgIpc) is 2.92. The molecule has 0 aromatic carbocycles. The molecule has 0 bridgehead atoms. The van der Waals surface area contributed by atoms with Crippen LogP contribution in [0.1, 0.15) is 57.2 Å². The fourth-order valence-corrected chi connectivity index (χ4v) is 2.69. The summed E-state index contributed by atoms with van der Waals surface area (Å²) in [6.07, 6.45) is 4.45. The van der Waals surface area contributed by atoms with Crippen LogP contribution in [0.4, 0.5) is 0 Å². The van der Waals surface area contributed by atoms with Crippen molar-refractivity contribution in [2.75, 3.05) is 0 Å². The number of nitrogens with zero attached hydrogens (tertiary/aromatic N) is 2. The first-order valence-electron chi connectivity index (χ1n) is 6.67. The van der Waals surface area contributed by atoms with E-state index in [2.05, 4.69) is 24.0 Å². The third-order valence-corrected chi connectivity index (χ3v) is 3.67. The van der Waals surface area contributed by atoms with Crippen molar-refractivity contribution in [2.24, 2.45) is 11.8 Å². The van der Waals surface area contributed by atoms with Crippen LogP contribution in [0.5, 0.6) is 0 Å². The lowest BCUT2D eigenvalue weighted by atomic mass is 9.96. The number of unbranched alkanes of at least 4 members (excludes halogenated alkanes) is 1. The highest BCUT2D eigenvalue weighted by molar-refractivity contribution is 5.71. The van der Waals surface area contributed by atoms with Crippen LogP contribution < -0.4 is 0 Å². The molecule has 5 nitrogen and oxygen atoms in total. The zero-order valence-electron chi connectivity index (χ0n) is 10.9. The number of carbonyl (C=O) groups is 1. The van der Waals surface area contributed by atoms with E-state index in [0.717, 1.165) is 25.7 Å². The predicted octanol–water partition coefficient (Wildman–Crippen LogP) is 2.63. The van der Waals surface area contributed by atoms with Crippen LogP contribution in [0.2, 0.25) is 0 Å². The van der Waals surface area contributed by atoms with E-state index in [-0.39, 0.29) is 11.8 Å². The molecule has 1 aliphatic rings. The Morgan fingerprint density at radius 3 is 2.94 bits per heavy atom. The molecule has 1 N–H and O–H groups in total. The molecule has 0 saturated heterocycles. The van der Waals surface area contributed by atoms with Crippen LogP contribution in [0.25, 0.3) is 0 Å². The first-order valence-corrected chi connectivity index (χ1v) is 6.67. The minimum atomic E-state index is -0.752. The third-order valence-electron chi connectivity index (χ3n) is 3.67. The SMILES string of the molecule is CCCCc1noc(C2CC(C)CC2C(=O)O)n1. The summed E-state index contributed by atoms with van der Waals surface area (Å²) in [6, 6.07) is 0. The van der Waals surface area contributed by atoms with Crippen molar-refractivity contribution in [2.45, 2.75) is 51.9 Å². The van der Waals surface area contributed by atoms with Crippen LogP contribution in [-0.2, 0) is 11.2 Å². The van der Waals surface area contributed by atoms with Gasteiger partial charge in [-0.05, 0) is 25.2 Å². The Kier molecular flexibility index (Phi) is 3.99. The standard InChI is InChI=1S/C13H20N2O3/c1-3-4-5-11-14-12(18-15-11)9-6-8(2)7-10(9)13(16)17/h8-10H,3-7H2,1-2H3,(H,16,17). The van der Waals surface area contributed by atoms with E-state index in [1.807, 2.05) is 0 Å². The van der Waals surface area contributed by atoms with E-state index in [4.69, 9.17) is 4.52 Å². The molecule has 1 aromatic rings. The highest BCUT2D eigenvalue weighted by atomic mass is 16.5. The van der Waals surface area contributed by atoms with E-state index >= 15 is 0 Å². The highest BCUT2D eigenvalue weighted by Crippen LogP contribution is 2.42. The number of aryl methyl sites for hydroxylation is 1. The molecule has 3 unspecified atom stereocenters. The minimum absolute atomic E-state index is 0.111. The minimum Gasteiger partial charge on any atom is -0.481 e. The Morgan fingerprint density at radius 1 is 1.50 bits per heavy atom. The van der Waals surface area contributed by atoms with Gasteiger partial charge in [0.05, 0.1) is 11.8 Å². The van der Waals surface area contributed by atoms with Gasteiger partial charge in [-0.15, -0.1) is 0 Å². The lowest BCUT2D eigenvalue weighted by molar-refractivity contribution is -0.142. The van der Waals surface area contributed by atoms with Gasteiger partial charge in [0.15, 0.2) is 5.82 Å². The zero-order valence-corrected chi connectivity index (χ0v) is 10.9. The van der Waals surface area contributed by atoms with Gasteiger partial charge in [0.1, 0.15) is 0 Å². The largest absolute Gasteiger partial charge is 0.481 e. The molecule has 1 heterocycles. The Hall–Kier alpha value is -1.39. The maximum Gasteiger partial charge on any atom is 0.307 e. The molecule has 0 spiro atoms. The maximum atomic E-state index is 11.2. The molecule has 100 valence electrons. The Labute approximate surface area is 107 Å². The molecule has 0 aliphatic heterocycles. The molecular weight excluding hydrogens is 232 g/mol. The van der Waals surface area contributed by atoms with Crippen molar-refractivity contribution in [1.82, 2.24) is 10.1 Å². The number of rotatable bonds is 5. The van der Waals surface area contributed by atoms with Crippen LogP contribution in [0.15, 0.2) is 4.52 Å². The number of carboxylic acids is 1. The van der Waals surface area contributed by atoms with Gasteiger partial charge in [0, 0.05) is 6.42 Å². The number of carboxylic acid groups (broad SMARTS) is 1. The summed E-state index contributed by atoms with van der Waals surface area (Å²) in [5.74, 6) is 0.382. The maximum absolute atomic E-state index is 11.2. The average molecular weight is 252 g/mol. The number of aliphatic carboxylic acids is 1. The molecule has 3 atom stereocenters. The quantitative estimate of drug-likeness (QED) is 0.871. The van der Waals surface area contributed by atoms with Crippen molar-refractivity contribution in [1.29, 1.82) is 0 Å². The molecule has 18 heavy (non-hydrogen) atoms. The smallest absolute Gasteiger partial charge is 0.307 e. The summed E-state index contributed by atoms with van der Waals surface area (Å²) in [7, 11) is 0. The predicted molar refractivity (Wildman–Crippen MR) is 65.2 cm³/mol. The van der Waals surface area contributed by atoms with Crippen LogP contribution in [0, 0.1) is 11.8 Å². The Balaban J connectivity index is 2.10. The summed E-state index contributed by atoms with van der Waals surface area (Å²) < 4.78 is 5.25. The number of hydrogen-bond acceptors (Lipinski definition) is 4. The van der Waals surface area contributed by atoms with Crippen molar-refractivity contribution < 1.29 is 14.4 Å². The Bertz CT molecular complexity index is 416. The van der Waals surface area contributed by atoms with Gasteiger partial charge in [-0.1, -0.05) is 25.4 Å². The van der Waals surface area contributed by atoms with Crippen LogP contribution in [0.3, 0.4) is 0 Å². The Morgan fingerprint density at radius 2 is 2.28 bits per heavy atom. The fraction of sp³-hybridized carbons (Fsp3) is 0.769. The summed E-state index contributed by atoms with van der Waals surface area (Å²) in [5.41, 5.74) is 0.